The van der Waals surface area contributed by atoms with Crippen molar-refractivity contribution in [3.63, 3.8) is 0 Å². The number of rotatable bonds is 3. The summed E-state index contributed by atoms with van der Waals surface area (Å²) >= 11 is 0. The molecule has 0 aliphatic carbocycles. The van der Waals surface area contributed by atoms with E-state index in [4.69, 9.17) is 14.6 Å². The van der Waals surface area contributed by atoms with Crippen LogP contribution in [0.4, 0.5) is 4.79 Å². The number of benzene rings is 1. The maximum Gasteiger partial charge on any atom is 0.507 e. The van der Waals surface area contributed by atoms with Crippen LogP contribution >= 0.6 is 0 Å². The van der Waals surface area contributed by atoms with E-state index < -0.39 is 18.5 Å². The van der Waals surface area contributed by atoms with E-state index in [1.807, 2.05) is 30.3 Å². The van der Waals surface area contributed by atoms with Gasteiger partial charge in [0.25, 0.3) is 5.91 Å². The zero-order chi connectivity index (χ0) is 13.8. The lowest BCUT2D eigenvalue weighted by molar-refractivity contribution is -0.180. The predicted octanol–water partition coefficient (Wildman–Crippen LogP) is 1.45. The number of carbonyl (C=O) groups excluding carboxylic acids is 1. The Morgan fingerprint density at radius 2 is 2.16 bits per heavy atom. The summed E-state index contributed by atoms with van der Waals surface area (Å²) in [6.45, 7) is 1.98. The molecule has 1 amide bonds. The van der Waals surface area contributed by atoms with Crippen molar-refractivity contribution in [2.24, 2.45) is 0 Å². The van der Waals surface area contributed by atoms with Crippen molar-refractivity contribution in [1.82, 2.24) is 4.90 Å². The molecular formula is C13H15NO5. The Hall–Kier alpha value is -2.08. The molecule has 0 saturated carbocycles. The first kappa shape index (κ1) is 13.4. The SMILES string of the molecule is CC1OCC(OC(=O)O)N(Cc2ccccc2)C1=O. The molecule has 1 fully saturated rings. The molecule has 1 aliphatic heterocycles. The maximum absolute atomic E-state index is 12.0. The minimum absolute atomic E-state index is 0.0477. The summed E-state index contributed by atoms with van der Waals surface area (Å²) in [5.41, 5.74) is 0.906. The Morgan fingerprint density at radius 1 is 1.47 bits per heavy atom. The minimum atomic E-state index is -1.42. The highest BCUT2D eigenvalue weighted by atomic mass is 16.7. The standard InChI is InChI=1S/C13H15NO5/c1-9-12(15)14(7-10-5-3-2-4-6-10)11(8-18-9)19-13(16)17/h2-6,9,11H,7-8H2,1H3,(H,16,17). The summed E-state index contributed by atoms with van der Waals surface area (Å²) in [5, 5.41) is 8.69. The maximum atomic E-state index is 12.0. The lowest BCUT2D eigenvalue weighted by Gasteiger charge is -2.36. The van der Waals surface area contributed by atoms with Crippen LogP contribution in [0.5, 0.6) is 0 Å². The van der Waals surface area contributed by atoms with E-state index in [2.05, 4.69) is 0 Å². The van der Waals surface area contributed by atoms with Gasteiger partial charge in [0.05, 0.1) is 0 Å². The second-order valence-corrected chi connectivity index (χ2v) is 4.27. The van der Waals surface area contributed by atoms with Gasteiger partial charge in [-0.2, -0.15) is 0 Å². The molecule has 2 unspecified atom stereocenters. The summed E-state index contributed by atoms with van der Waals surface area (Å²) in [6.07, 6.45) is -2.91. The van der Waals surface area contributed by atoms with Crippen LogP contribution in [-0.4, -0.2) is 41.0 Å². The van der Waals surface area contributed by atoms with Gasteiger partial charge in [-0.05, 0) is 12.5 Å². The summed E-state index contributed by atoms with van der Waals surface area (Å²) < 4.78 is 9.88. The van der Waals surface area contributed by atoms with E-state index in [1.165, 1.54) is 4.90 Å². The van der Waals surface area contributed by atoms with Gasteiger partial charge in [-0.15, -0.1) is 0 Å². The highest BCUT2D eigenvalue weighted by molar-refractivity contribution is 5.81. The largest absolute Gasteiger partial charge is 0.507 e. The number of morpholine rings is 1. The number of amides is 1. The Balaban J connectivity index is 2.15. The Morgan fingerprint density at radius 3 is 2.79 bits per heavy atom. The van der Waals surface area contributed by atoms with E-state index in [0.29, 0.717) is 6.54 Å². The van der Waals surface area contributed by atoms with Crippen LogP contribution in [0.3, 0.4) is 0 Å². The third-order valence-corrected chi connectivity index (χ3v) is 2.90. The van der Waals surface area contributed by atoms with Crippen LogP contribution in [0.25, 0.3) is 0 Å². The van der Waals surface area contributed by atoms with Gasteiger partial charge < -0.3 is 14.6 Å². The van der Waals surface area contributed by atoms with Crippen LogP contribution in [0.1, 0.15) is 12.5 Å². The van der Waals surface area contributed by atoms with Crippen molar-refractivity contribution in [1.29, 1.82) is 0 Å². The van der Waals surface area contributed by atoms with Gasteiger partial charge in [0.2, 0.25) is 6.23 Å². The smallest absolute Gasteiger partial charge is 0.450 e. The Kier molecular flexibility index (Phi) is 4.01. The normalized spacial score (nSPS) is 23.2. The Labute approximate surface area is 110 Å². The van der Waals surface area contributed by atoms with E-state index in [1.54, 1.807) is 6.92 Å². The van der Waals surface area contributed by atoms with Crippen LogP contribution < -0.4 is 0 Å². The van der Waals surface area contributed by atoms with E-state index in [9.17, 15) is 9.59 Å². The molecule has 0 bridgehead atoms. The Bertz CT molecular complexity index is 461. The minimum Gasteiger partial charge on any atom is -0.450 e. The molecule has 0 spiro atoms. The predicted molar refractivity (Wildman–Crippen MR) is 65.3 cm³/mol. The monoisotopic (exact) mass is 265 g/mol. The molecule has 1 aliphatic rings. The number of carbonyl (C=O) groups is 2. The van der Waals surface area contributed by atoms with Gasteiger partial charge in [-0.3, -0.25) is 9.69 Å². The van der Waals surface area contributed by atoms with Crippen molar-refractivity contribution < 1.29 is 24.2 Å². The molecule has 6 heteroatoms. The lowest BCUT2D eigenvalue weighted by atomic mass is 10.2. The molecule has 0 radical (unpaired) electrons. The summed E-state index contributed by atoms with van der Waals surface area (Å²) in [6, 6.07) is 9.32. The summed E-state index contributed by atoms with van der Waals surface area (Å²) in [7, 11) is 0. The molecule has 1 saturated heterocycles. The van der Waals surface area contributed by atoms with E-state index >= 15 is 0 Å². The van der Waals surface area contributed by atoms with Gasteiger partial charge in [-0.1, -0.05) is 30.3 Å². The van der Waals surface area contributed by atoms with Crippen LogP contribution in [0.2, 0.25) is 0 Å². The molecule has 19 heavy (non-hydrogen) atoms. The molecule has 1 aromatic rings. The average Bonchev–Trinajstić information content (AvgIpc) is 2.39. The fourth-order valence-corrected chi connectivity index (χ4v) is 1.94. The van der Waals surface area contributed by atoms with Gasteiger partial charge >= 0.3 is 6.16 Å². The average molecular weight is 265 g/mol. The van der Waals surface area contributed by atoms with Gasteiger partial charge in [0.15, 0.2) is 0 Å². The first-order valence-electron chi connectivity index (χ1n) is 5.93. The van der Waals surface area contributed by atoms with Gasteiger partial charge in [0.1, 0.15) is 12.7 Å². The van der Waals surface area contributed by atoms with E-state index in [-0.39, 0.29) is 12.5 Å². The molecule has 102 valence electrons. The molecule has 0 aromatic heterocycles. The summed E-state index contributed by atoms with van der Waals surface area (Å²) in [4.78, 5) is 24.1. The molecule has 6 nitrogen and oxygen atoms in total. The first-order valence-corrected chi connectivity index (χ1v) is 5.93. The highest BCUT2D eigenvalue weighted by Crippen LogP contribution is 2.18. The second kappa shape index (κ2) is 5.71. The van der Waals surface area contributed by atoms with Crippen LogP contribution in [-0.2, 0) is 20.8 Å². The number of hydrogen-bond donors (Lipinski definition) is 1. The van der Waals surface area contributed by atoms with Crippen LogP contribution in [0.15, 0.2) is 30.3 Å². The van der Waals surface area contributed by atoms with Crippen molar-refractivity contribution in [2.45, 2.75) is 25.8 Å². The third kappa shape index (κ3) is 3.23. The topological polar surface area (TPSA) is 76.1 Å². The number of carboxylic acid groups (broad SMARTS) is 1. The quantitative estimate of drug-likeness (QED) is 0.837. The molecular weight excluding hydrogens is 250 g/mol. The van der Waals surface area contributed by atoms with Gasteiger partial charge in [0, 0.05) is 6.54 Å². The summed E-state index contributed by atoms with van der Waals surface area (Å²) in [5.74, 6) is -0.277. The number of hydrogen-bond acceptors (Lipinski definition) is 4. The molecule has 2 rings (SSSR count). The number of nitrogens with zero attached hydrogens (tertiary/aromatic N) is 1. The molecule has 2 atom stereocenters. The molecule has 1 N–H and O–H groups in total. The first-order chi connectivity index (χ1) is 9.08. The number of ether oxygens (including phenoxy) is 2. The van der Waals surface area contributed by atoms with Crippen molar-refractivity contribution >= 4 is 12.1 Å². The molecule has 1 heterocycles. The fourth-order valence-electron chi connectivity index (χ4n) is 1.94. The fraction of sp³-hybridized carbons (Fsp3) is 0.385. The van der Waals surface area contributed by atoms with Crippen molar-refractivity contribution in [2.75, 3.05) is 6.61 Å². The third-order valence-electron chi connectivity index (χ3n) is 2.90. The van der Waals surface area contributed by atoms with Crippen molar-refractivity contribution in [3.05, 3.63) is 35.9 Å². The second-order valence-electron chi connectivity index (χ2n) is 4.27. The van der Waals surface area contributed by atoms with Gasteiger partial charge in [-0.25, -0.2) is 4.79 Å². The van der Waals surface area contributed by atoms with Crippen molar-refractivity contribution in [3.8, 4) is 0 Å². The lowest BCUT2D eigenvalue weighted by Crippen LogP contribution is -2.54. The zero-order valence-electron chi connectivity index (χ0n) is 10.5. The highest BCUT2D eigenvalue weighted by Gasteiger charge is 2.36. The van der Waals surface area contributed by atoms with E-state index in [0.717, 1.165) is 5.56 Å². The van der Waals surface area contributed by atoms with Crippen LogP contribution in [0, 0.1) is 0 Å². The molecule has 1 aromatic carbocycles. The zero-order valence-corrected chi connectivity index (χ0v) is 10.5.